The van der Waals surface area contributed by atoms with Gasteiger partial charge in [0.25, 0.3) is 0 Å². The van der Waals surface area contributed by atoms with Crippen LogP contribution < -0.4 is 5.32 Å². The first-order chi connectivity index (χ1) is 18.5. The van der Waals surface area contributed by atoms with Crippen LogP contribution in [0.4, 0.5) is 4.79 Å². The highest BCUT2D eigenvalue weighted by Crippen LogP contribution is 2.45. The van der Waals surface area contributed by atoms with Gasteiger partial charge in [0.05, 0.1) is 17.5 Å². The molecule has 202 valence electrons. The van der Waals surface area contributed by atoms with Crippen molar-refractivity contribution in [3.63, 3.8) is 0 Å². The van der Waals surface area contributed by atoms with Crippen LogP contribution >= 0.6 is 0 Å². The molecule has 2 atom stereocenters. The number of rotatable bonds is 6. The Bertz CT molecular complexity index is 1500. The fourth-order valence-corrected chi connectivity index (χ4v) is 5.34. The van der Waals surface area contributed by atoms with Gasteiger partial charge >= 0.3 is 12.0 Å². The molecule has 2 aliphatic heterocycles. The molecular formula is C30H32N4O5. The maximum absolute atomic E-state index is 13.2. The molecule has 2 N–H and O–H groups in total. The van der Waals surface area contributed by atoms with E-state index in [0.29, 0.717) is 25.1 Å². The predicted molar refractivity (Wildman–Crippen MR) is 146 cm³/mol. The SMILES string of the molecule is C=CC(=O)NCc1ccc2[nH]c3c(c2c1)C1CN(C(=O)N(C)C1=O)C3Cc1ccc(C(=O)OC(C)(C)C)cc1. The number of urea groups is 1. The third-order valence-electron chi connectivity index (χ3n) is 7.20. The van der Waals surface area contributed by atoms with Gasteiger partial charge in [-0.15, -0.1) is 0 Å². The number of carbonyl (C=O) groups is 4. The van der Waals surface area contributed by atoms with Gasteiger partial charge in [0, 0.05) is 36.7 Å². The molecule has 0 spiro atoms. The van der Waals surface area contributed by atoms with Crippen LogP contribution in [0.15, 0.2) is 55.1 Å². The molecule has 3 heterocycles. The smallest absolute Gasteiger partial charge is 0.338 e. The summed E-state index contributed by atoms with van der Waals surface area (Å²) in [4.78, 5) is 57.0. The fourth-order valence-electron chi connectivity index (χ4n) is 5.34. The van der Waals surface area contributed by atoms with Gasteiger partial charge in [-0.3, -0.25) is 14.5 Å². The Morgan fingerprint density at radius 3 is 2.49 bits per heavy atom. The number of fused-ring (bicyclic) bond motifs is 6. The van der Waals surface area contributed by atoms with Crippen molar-refractivity contribution in [1.29, 1.82) is 0 Å². The number of H-pyrrole nitrogens is 1. The zero-order valence-corrected chi connectivity index (χ0v) is 22.5. The average Bonchev–Trinajstić information content (AvgIpc) is 3.28. The highest BCUT2D eigenvalue weighted by atomic mass is 16.6. The normalized spacial score (nSPS) is 18.7. The molecule has 0 saturated carbocycles. The molecule has 5 rings (SSSR count). The summed E-state index contributed by atoms with van der Waals surface area (Å²) in [5.74, 6) is -1.37. The molecule has 4 amide bonds. The molecule has 9 heteroatoms. The number of hydrogen-bond acceptors (Lipinski definition) is 5. The summed E-state index contributed by atoms with van der Waals surface area (Å²) in [6.45, 7) is 9.58. The highest BCUT2D eigenvalue weighted by molar-refractivity contribution is 6.04. The number of aromatic nitrogens is 1. The standard InChI is InChI=1S/C30H32N4O5/c1-6-24(35)31-15-18-9-12-22-20(13-18)25-21-16-34(29(38)33(5)27(21)36)23(26(25)32-22)14-17-7-10-19(11-8-17)28(37)39-30(2,3)4/h6-13,21,23,32H,1,14-16H2,2-5H3,(H,31,35). The predicted octanol–water partition coefficient (Wildman–Crippen LogP) is 4.20. The molecule has 39 heavy (non-hydrogen) atoms. The first-order valence-electron chi connectivity index (χ1n) is 12.9. The molecule has 2 aliphatic rings. The Kier molecular flexibility index (Phi) is 6.54. The van der Waals surface area contributed by atoms with Gasteiger partial charge in [-0.25, -0.2) is 9.59 Å². The van der Waals surface area contributed by atoms with Crippen LogP contribution in [0.3, 0.4) is 0 Å². The van der Waals surface area contributed by atoms with E-state index in [0.717, 1.165) is 33.3 Å². The van der Waals surface area contributed by atoms with Crippen molar-refractivity contribution in [1.82, 2.24) is 20.1 Å². The summed E-state index contributed by atoms with van der Waals surface area (Å²) in [6, 6.07) is 12.4. The Hall–Kier alpha value is -4.40. The van der Waals surface area contributed by atoms with Crippen molar-refractivity contribution >= 4 is 34.7 Å². The van der Waals surface area contributed by atoms with E-state index in [9.17, 15) is 19.2 Å². The molecule has 3 aromatic rings. The summed E-state index contributed by atoms with van der Waals surface area (Å²) in [5, 5.41) is 3.69. The van der Waals surface area contributed by atoms with Crippen LogP contribution in [0.25, 0.3) is 10.9 Å². The van der Waals surface area contributed by atoms with E-state index >= 15 is 0 Å². The van der Waals surface area contributed by atoms with Gasteiger partial charge in [0.2, 0.25) is 11.8 Å². The van der Waals surface area contributed by atoms with Crippen molar-refractivity contribution in [2.24, 2.45) is 0 Å². The number of carbonyl (C=O) groups excluding carboxylic acids is 4. The second-order valence-electron chi connectivity index (χ2n) is 11.1. The molecule has 2 unspecified atom stereocenters. The van der Waals surface area contributed by atoms with Gasteiger partial charge in [-0.05, 0) is 74.2 Å². The van der Waals surface area contributed by atoms with E-state index in [2.05, 4.69) is 16.9 Å². The minimum atomic E-state index is -0.588. The minimum absolute atomic E-state index is 0.232. The van der Waals surface area contributed by atoms with E-state index in [1.54, 1.807) is 17.0 Å². The number of nitrogens with zero attached hydrogens (tertiary/aromatic N) is 2. The zero-order valence-electron chi connectivity index (χ0n) is 22.5. The maximum Gasteiger partial charge on any atom is 0.338 e. The quantitative estimate of drug-likeness (QED) is 0.368. The number of ether oxygens (including phenoxy) is 1. The van der Waals surface area contributed by atoms with E-state index in [1.165, 1.54) is 18.0 Å². The number of nitrogens with one attached hydrogen (secondary N) is 2. The van der Waals surface area contributed by atoms with Crippen LogP contribution in [-0.2, 0) is 27.3 Å². The Labute approximate surface area is 226 Å². The number of likely N-dealkylation sites (N-methyl/N-ethyl adjacent to an activating group) is 1. The lowest BCUT2D eigenvalue weighted by atomic mass is 9.83. The number of hydrogen-bond donors (Lipinski definition) is 2. The molecule has 0 aliphatic carbocycles. The van der Waals surface area contributed by atoms with Crippen LogP contribution in [-0.4, -0.2) is 57.8 Å². The molecule has 2 bridgehead atoms. The second kappa shape index (κ2) is 9.72. The molecule has 0 radical (unpaired) electrons. The molecule has 9 nitrogen and oxygen atoms in total. The van der Waals surface area contributed by atoms with Gasteiger partial charge in [-0.2, -0.15) is 0 Å². The van der Waals surface area contributed by atoms with Crippen LogP contribution in [0.5, 0.6) is 0 Å². The summed E-state index contributed by atoms with van der Waals surface area (Å²) in [6.07, 6.45) is 1.72. The average molecular weight is 529 g/mol. The van der Waals surface area contributed by atoms with Gasteiger partial charge in [0.15, 0.2) is 0 Å². The van der Waals surface area contributed by atoms with Crippen LogP contribution in [0, 0.1) is 0 Å². The van der Waals surface area contributed by atoms with Gasteiger partial charge in [0.1, 0.15) is 5.60 Å². The lowest BCUT2D eigenvalue weighted by molar-refractivity contribution is -0.132. The fraction of sp³-hybridized carbons (Fsp3) is 0.333. The first kappa shape index (κ1) is 26.2. The summed E-state index contributed by atoms with van der Waals surface area (Å²) in [7, 11) is 1.52. The maximum atomic E-state index is 13.2. The number of esters is 1. The topological polar surface area (TPSA) is 112 Å². The van der Waals surface area contributed by atoms with Crippen LogP contribution in [0.2, 0.25) is 0 Å². The largest absolute Gasteiger partial charge is 0.456 e. The monoisotopic (exact) mass is 528 g/mol. The third-order valence-corrected chi connectivity index (χ3v) is 7.20. The number of amides is 4. The van der Waals surface area contributed by atoms with E-state index < -0.39 is 11.5 Å². The summed E-state index contributed by atoms with van der Waals surface area (Å²) < 4.78 is 5.47. The Morgan fingerprint density at radius 1 is 1.13 bits per heavy atom. The summed E-state index contributed by atoms with van der Waals surface area (Å²) >= 11 is 0. The highest BCUT2D eigenvalue weighted by Gasteiger charge is 2.48. The van der Waals surface area contributed by atoms with E-state index in [4.69, 9.17) is 4.74 Å². The Morgan fingerprint density at radius 2 is 1.82 bits per heavy atom. The second-order valence-corrected chi connectivity index (χ2v) is 11.1. The number of aromatic amines is 1. The van der Waals surface area contributed by atoms with Crippen LogP contribution in [0.1, 0.15) is 65.5 Å². The van der Waals surface area contributed by atoms with Crippen molar-refractivity contribution in [2.75, 3.05) is 13.6 Å². The Balaban J connectivity index is 1.51. The zero-order chi connectivity index (χ0) is 28.1. The van der Waals surface area contributed by atoms with Gasteiger partial charge < -0.3 is 19.9 Å². The molecule has 1 saturated heterocycles. The molecule has 2 aromatic carbocycles. The number of imide groups is 1. The van der Waals surface area contributed by atoms with Gasteiger partial charge in [-0.1, -0.05) is 24.8 Å². The van der Waals surface area contributed by atoms with Crippen molar-refractivity contribution in [3.8, 4) is 0 Å². The molecule has 1 fully saturated rings. The third kappa shape index (κ3) is 4.92. The molecule has 1 aromatic heterocycles. The van der Waals surface area contributed by atoms with Crippen molar-refractivity contribution in [2.45, 2.75) is 51.3 Å². The molecular weight excluding hydrogens is 496 g/mol. The van der Waals surface area contributed by atoms with E-state index in [1.807, 2.05) is 51.1 Å². The number of benzene rings is 2. The minimum Gasteiger partial charge on any atom is -0.456 e. The van der Waals surface area contributed by atoms with E-state index in [-0.39, 0.29) is 29.9 Å². The first-order valence-corrected chi connectivity index (χ1v) is 12.9. The lowest BCUT2D eigenvalue weighted by Crippen LogP contribution is -2.57. The summed E-state index contributed by atoms with van der Waals surface area (Å²) in [5.41, 5.74) is 4.28. The van der Waals surface area contributed by atoms with Crippen molar-refractivity contribution in [3.05, 3.63) is 83.1 Å². The lowest BCUT2D eigenvalue weighted by Gasteiger charge is -2.45. The van der Waals surface area contributed by atoms with Crippen molar-refractivity contribution < 1.29 is 23.9 Å².